The van der Waals surface area contributed by atoms with E-state index >= 15 is 0 Å². The van der Waals surface area contributed by atoms with Gasteiger partial charge in [0.15, 0.2) is 0 Å². The van der Waals surface area contributed by atoms with Gasteiger partial charge in [-0.1, -0.05) is 78.1 Å². The summed E-state index contributed by atoms with van der Waals surface area (Å²) in [7, 11) is 0. The number of rotatable bonds is 16. The van der Waals surface area contributed by atoms with Crippen molar-refractivity contribution in [2.75, 3.05) is 19.6 Å². The highest BCUT2D eigenvalue weighted by Gasteiger charge is 2.07. The van der Waals surface area contributed by atoms with E-state index in [2.05, 4.69) is 18.7 Å². The molecule has 0 aromatic carbocycles. The van der Waals surface area contributed by atoms with Gasteiger partial charge in [-0.3, -0.25) is 0 Å². The van der Waals surface area contributed by atoms with E-state index in [9.17, 15) is 5.11 Å². The number of hydrogen-bond acceptors (Lipinski definition) is 2. The Kier molecular flexibility index (Phi) is 16.2. The minimum Gasteiger partial charge on any atom is -0.392 e. The van der Waals surface area contributed by atoms with Crippen LogP contribution in [0.4, 0.5) is 0 Å². The zero-order chi connectivity index (χ0) is 15.8. The second kappa shape index (κ2) is 16.3. The molecule has 1 unspecified atom stereocenters. The van der Waals surface area contributed by atoms with Gasteiger partial charge in [-0.05, 0) is 32.9 Å². The molecule has 0 rings (SSSR count). The maximum Gasteiger partial charge on any atom is 0.0639 e. The van der Waals surface area contributed by atoms with Crippen LogP contribution in [0.25, 0.3) is 0 Å². The SMILES string of the molecule is CCCCCCCCN(CCCCCCCC)CC(C)O. The van der Waals surface area contributed by atoms with Gasteiger partial charge in [-0.2, -0.15) is 0 Å². The molecule has 0 heterocycles. The Labute approximate surface area is 134 Å². The van der Waals surface area contributed by atoms with Crippen molar-refractivity contribution in [3.8, 4) is 0 Å². The van der Waals surface area contributed by atoms with Crippen LogP contribution >= 0.6 is 0 Å². The standard InChI is InChI=1S/C19H41NO/c1-4-6-8-10-12-14-16-20(18-19(3)21)17-15-13-11-9-7-5-2/h19,21H,4-18H2,1-3H3. The van der Waals surface area contributed by atoms with E-state index in [0.717, 1.165) is 6.54 Å². The van der Waals surface area contributed by atoms with Crippen LogP contribution in [0.3, 0.4) is 0 Å². The van der Waals surface area contributed by atoms with E-state index in [1.807, 2.05) is 6.92 Å². The topological polar surface area (TPSA) is 23.5 Å². The summed E-state index contributed by atoms with van der Waals surface area (Å²) in [5.74, 6) is 0. The van der Waals surface area contributed by atoms with E-state index < -0.39 is 0 Å². The van der Waals surface area contributed by atoms with Crippen molar-refractivity contribution in [2.45, 2.75) is 104 Å². The van der Waals surface area contributed by atoms with Crippen molar-refractivity contribution in [1.29, 1.82) is 0 Å². The number of aliphatic hydroxyl groups excluding tert-OH is 1. The molecule has 1 atom stereocenters. The minimum atomic E-state index is -0.190. The molecule has 21 heavy (non-hydrogen) atoms. The third-order valence-electron chi connectivity index (χ3n) is 4.18. The van der Waals surface area contributed by atoms with E-state index in [1.54, 1.807) is 0 Å². The predicted octanol–water partition coefficient (Wildman–Crippen LogP) is 5.39. The van der Waals surface area contributed by atoms with Crippen LogP contribution in [-0.2, 0) is 0 Å². The Morgan fingerprint density at radius 2 is 1.05 bits per heavy atom. The quantitative estimate of drug-likeness (QED) is 0.386. The Bertz CT molecular complexity index is 178. The Morgan fingerprint density at radius 1 is 0.667 bits per heavy atom. The van der Waals surface area contributed by atoms with Crippen molar-refractivity contribution in [2.24, 2.45) is 0 Å². The fraction of sp³-hybridized carbons (Fsp3) is 1.00. The van der Waals surface area contributed by atoms with Crippen LogP contribution in [0.5, 0.6) is 0 Å². The van der Waals surface area contributed by atoms with Gasteiger partial charge in [0.25, 0.3) is 0 Å². The third kappa shape index (κ3) is 16.1. The molecule has 0 aromatic heterocycles. The Hall–Kier alpha value is -0.0800. The summed E-state index contributed by atoms with van der Waals surface area (Å²) in [4.78, 5) is 2.48. The van der Waals surface area contributed by atoms with Gasteiger partial charge in [0.2, 0.25) is 0 Å². The molecule has 0 saturated heterocycles. The maximum absolute atomic E-state index is 9.63. The van der Waals surface area contributed by atoms with Crippen molar-refractivity contribution < 1.29 is 5.11 Å². The van der Waals surface area contributed by atoms with Crippen LogP contribution in [0.1, 0.15) is 97.8 Å². The fourth-order valence-corrected chi connectivity index (χ4v) is 2.90. The summed E-state index contributed by atoms with van der Waals surface area (Å²) in [5, 5.41) is 9.63. The lowest BCUT2D eigenvalue weighted by Crippen LogP contribution is -2.32. The van der Waals surface area contributed by atoms with Crippen LogP contribution in [0, 0.1) is 0 Å². The van der Waals surface area contributed by atoms with E-state index in [0.29, 0.717) is 0 Å². The molecule has 0 spiro atoms. The van der Waals surface area contributed by atoms with Gasteiger partial charge in [0, 0.05) is 6.54 Å². The highest BCUT2D eigenvalue weighted by molar-refractivity contribution is 4.62. The molecular formula is C19H41NO. The lowest BCUT2D eigenvalue weighted by molar-refractivity contribution is 0.123. The first-order chi connectivity index (χ1) is 10.2. The number of aliphatic hydroxyl groups is 1. The van der Waals surface area contributed by atoms with Crippen molar-refractivity contribution >= 4 is 0 Å². The fourth-order valence-electron chi connectivity index (χ4n) is 2.90. The first-order valence-corrected chi connectivity index (χ1v) is 9.61. The summed E-state index contributed by atoms with van der Waals surface area (Å²) < 4.78 is 0. The molecule has 0 aliphatic heterocycles. The number of nitrogens with zero attached hydrogens (tertiary/aromatic N) is 1. The zero-order valence-electron chi connectivity index (χ0n) is 15.1. The highest BCUT2D eigenvalue weighted by Crippen LogP contribution is 2.09. The van der Waals surface area contributed by atoms with Crippen molar-refractivity contribution in [1.82, 2.24) is 4.90 Å². The molecule has 0 fully saturated rings. The third-order valence-corrected chi connectivity index (χ3v) is 4.18. The maximum atomic E-state index is 9.63. The van der Waals surface area contributed by atoms with E-state index in [1.165, 1.54) is 90.1 Å². The largest absolute Gasteiger partial charge is 0.392 e. The molecule has 0 amide bonds. The molecule has 1 N–H and O–H groups in total. The van der Waals surface area contributed by atoms with Crippen molar-refractivity contribution in [3.05, 3.63) is 0 Å². The van der Waals surface area contributed by atoms with Crippen LogP contribution < -0.4 is 0 Å². The van der Waals surface area contributed by atoms with Gasteiger partial charge in [-0.25, -0.2) is 0 Å². The molecule has 0 aromatic rings. The summed E-state index contributed by atoms with van der Waals surface area (Å²) in [5.41, 5.74) is 0. The Balaban J connectivity index is 3.62. The second-order valence-corrected chi connectivity index (χ2v) is 6.69. The molecular weight excluding hydrogens is 258 g/mol. The molecule has 0 saturated carbocycles. The average molecular weight is 300 g/mol. The average Bonchev–Trinajstić information content (AvgIpc) is 2.45. The monoisotopic (exact) mass is 299 g/mol. The van der Waals surface area contributed by atoms with Gasteiger partial charge >= 0.3 is 0 Å². The summed E-state index contributed by atoms with van der Waals surface area (Å²) in [6, 6.07) is 0. The molecule has 2 nitrogen and oxygen atoms in total. The van der Waals surface area contributed by atoms with Crippen LogP contribution in [0.15, 0.2) is 0 Å². The first-order valence-electron chi connectivity index (χ1n) is 9.61. The molecule has 0 aliphatic rings. The van der Waals surface area contributed by atoms with Gasteiger partial charge < -0.3 is 10.0 Å². The summed E-state index contributed by atoms with van der Waals surface area (Å²) in [6.07, 6.45) is 16.1. The smallest absolute Gasteiger partial charge is 0.0639 e. The molecule has 2 heteroatoms. The Morgan fingerprint density at radius 3 is 1.43 bits per heavy atom. The predicted molar refractivity (Wildman–Crippen MR) is 94.9 cm³/mol. The number of unbranched alkanes of at least 4 members (excludes halogenated alkanes) is 10. The number of hydrogen-bond donors (Lipinski definition) is 1. The normalized spacial score (nSPS) is 13.0. The van der Waals surface area contributed by atoms with E-state index in [-0.39, 0.29) is 6.10 Å². The molecule has 0 aliphatic carbocycles. The second-order valence-electron chi connectivity index (χ2n) is 6.69. The van der Waals surface area contributed by atoms with Gasteiger partial charge in [0.1, 0.15) is 0 Å². The van der Waals surface area contributed by atoms with Crippen LogP contribution in [-0.4, -0.2) is 35.7 Å². The molecule has 0 bridgehead atoms. The van der Waals surface area contributed by atoms with Crippen molar-refractivity contribution in [3.63, 3.8) is 0 Å². The molecule has 128 valence electrons. The summed E-state index contributed by atoms with van der Waals surface area (Å²) in [6.45, 7) is 9.65. The summed E-state index contributed by atoms with van der Waals surface area (Å²) >= 11 is 0. The van der Waals surface area contributed by atoms with Gasteiger partial charge in [-0.15, -0.1) is 0 Å². The minimum absolute atomic E-state index is 0.190. The van der Waals surface area contributed by atoms with Gasteiger partial charge in [0.05, 0.1) is 6.10 Å². The van der Waals surface area contributed by atoms with E-state index in [4.69, 9.17) is 0 Å². The lowest BCUT2D eigenvalue weighted by Gasteiger charge is -2.23. The van der Waals surface area contributed by atoms with Crippen LogP contribution in [0.2, 0.25) is 0 Å². The highest BCUT2D eigenvalue weighted by atomic mass is 16.3. The lowest BCUT2D eigenvalue weighted by atomic mass is 10.1. The first kappa shape index (κ1) is 20.9. The molecule has 0 radical (unpaired) electrons. The zero-order valence-corrected chi connectivity index (χ0v) is 15.1.